The maximum absolute atomic E-state index is 10.6. The smallest absolute Gasteiger partial charge is 0.302 e. The van der Waals surface area contributed by atoms with Gasteiger partial charge in [0.15, 0.2) is 0 Å². The van der Waals surface area contributed by atoms with Gasteiger partial charge in [0, 0.05) is 18.4 Å². The summed E-state index contributed by atoms with van der Waals surface area (Å²) >= 11 is 5.83. The first-order valence-corrected chi connectivity index (χ1v) is 5.11. The Bertz CT molecular complexity index is 389. The lowest BCUT2D eigenvalue weighted by Crippen LogP contribution is -2.21. The van der Waals surface area contributed by atoms with Crippen LogP contribution in [0.4, 0.5) is 0 Å². The molecule has 0 saturated carbocycles. The molecule has 0 bridgehead atoms. The third-order valence-electron chi connectivity index (χ3n) is 2.24. The lowest BCUT2D eigenvalue weighted by atomic mass is 10.1. The molecule has 0 saturated heterocycles. The Labute approximate surface area is 92.9 Å². The highest BCUT2D eigenvalue weighted by atomic mass is 35.5. The standard InChI is InChI=1S/C11H11ClO3/c1-7(13)14-6-10-4-8-2-3-9(12)5-11(8)15-10/h2-3,5,10H,4,6H2,1H3/t10-/m1/s1. The van der Waals surface area contributed by atoms with Crippen molar-refractivity contribution in [2.75, 3.05) is 6.61 Å². The second-order valence-corrected chi connectivity index (χ2v) is 3.94. The third-order valence-corrected chi connectivity index (χ3v) is 2.48. The maximum Gasteiger partial charge on any atom is 0.302 e. The van der Waals surface area contributed by atoms with Crippen molar-refractivity contribution in [2.24, 2.45) is 0 Å². The van der Waals surface area contributed by atoms with Crippen molar-refractivity contribution in [3.05, 3.63) is 28.8 Å². The molecule has 0 amide bonds. The number of carbonyl (C=O) groups is 1. The predicted octanol–water partition coefficient (Wildman–Crippen LogP) is 2.21. The normalized spacial score (nSPS) is 18.1. The topological polar surface area (TPSA) is 35.5 Å². The second kappa shape index (κ2) is 4.11. The van der Waals surface area contributed by atoms with Gasteiger partial charge in [-0.1, -0.05) is 17.7 Å². The molecule has 4 heteroatoms. The largest absolute Gasteiger partial charge is 0.486 e. The molecule has 1 aliphatic heterocycles. The highest BCUT2D eigenvalue weighted by Crippen LogP contribution is 2.31. The Morgan fingerprint density at radius 2 is 2.47 bits per heavy atom. The Kier molecular flexibility index (Phi) is 2.82. The fourth-order valence-electron chi connectivity index (χ4n) is 1.58. The van der Waals surface area contributed by atoms with Crippen LogP contribution in [0.15, 0.2) is 18.2 Å². The molecule has 80 valence electrons. The zero-order valence-electron chi connectivity index (χ0n) is 8.33. The summed E-state index contributed by atoms with van der Waals surface area (Å²) in [5.41, 5.74) is 1.11. The fraction of sp³-hybridized carbons (Fsp3) is 0.364. The molecule has 0 spiro atoms. The molecule has 1 aromatic rings. The van der Waals surface area contributed by atoms with Gasteiger partial charge >= 0.3 is 5.97 Å². The van der Waals surface area contributed by atoms with Crippen molar-refractivity contribution in [1.82, 2.24) is 0 Å². The molecular formula is C11H11ClO3. The van der Waals surface area contributed by atoms with Crippen LogP contribution < -0.4 is 4.74 Å². The molecule has 0 fully saturated rings. The highest BCUT2D eigenvalue weighted by molar-refractivity contribution is 6.30. The number of rotatable bonds is 2. The summed E-state index contributed by atoms with van der Waals surface area (Å²) in [5, 5.41) is 0.655. The number of esters is 1. The number of halogens is 1. The molecule has 0 radical (unpaired) electrons. The van der Waals surface area contributed by atoms with Crippen molar-refractivity contribution in [3.63, 3.8) is 0 Å². The van der Waals surface area contributed by atoms with E-state index in [4.69, 9.17) is 21.1 Å². The van der Waals surface area contributed by atoms with E-state index in [0.29, 0.717) is 11.6 Å². The molecule has 3 nitrogen and oxygen atoms in total. The van der Waals surface area contributed by atoms with E-state index in [9.17, 15) is 4.79 Å². The number of fused-ring (bicyclic) bond motifs is 1. The molecule has 15 heavy (non-hydrogen) atoms. The van der Waals surface area contributed by atoms with Gasteiger partial charge < -0.3 is 9.47 Å². The number of benzene rings is 1. The van der Waals surface area contributed by atoms with Crippen molar-refractivity contribution in [1.29, 1.82) is 0 Å². The molecule has 0 aliphatic carbocycles. The third kappa shape index (κ3) is 2.42. The van der Waals surface area contributed by atoms with E-state index in [0.717, 1.165) is 17.7 Å². The Morgan fingerprint density at radius 1 is 1.67 bits per heavy atom. The van der Waals surface area contributed by atoms with Crippen molar-refractivity contribution in [3.8, 4) is 5.75 Å². The molecule has 0 N–H and O–H groups in total. The van der Waals surface area contributed by atoms with Gasteiger partial charge in [0.25, 0.3) is 0 Å². The zero-order chi connectivity index (χ0) is 10.8. The van der Waals surface area contributed by atoms with E-state index in [2.05, 4.69) is 0 Å². The van der Waals surface area contributed by atoms with Crippen LogP contribution in [-0.2, 0) is 16.0 Å². The molecule has 0 aromatic heterocycles. The Morgan fingerprint density at radius 3 is 3.20 bits per heavy atom. The zero-order valence-corrected chi connectivity index (χ0v) is 9.08. The maximum atomic E-state index is 10.6. The summed E-state index contributed by atoms with van der Waals surface area (Å²) in [6.07, 6.45) is 0.683. The van der Waals surface area contributed by atoms with Crippen LogP contribution in [-0.4, -0.2) is 18.7 Å². The Balaban J connectivity index is 2.00. The van der Waals surface area contributed by atoms with Crippen LogP contribution in [0.5, 0.6) is 5.75 Å². The lowest BCUT2D eigenvalue weighted by molar-refractivity contribution is -0.143. The quantitative estimate of drug-likeness (QED) is 0.726. The second-order valence-electron chi connectivity index (χ2n) is 3.50. The van der Waals surface area contributed by atoms with Crippen LogP contribution in [0.1, 0.15) is 12.5 Å². The van der Waals surface area contributed by atoms with Gasteiger partial charge in [-0.3, -0.25) is 4.79 Å². The van der Waals surface area contributed by atoms with E-state index in [1.807, 2.05) is 12.1 Å². The lowest BCUT2D eigenvalue weighted by Gasteiger charge is -2.09. The van der Waals surface area contributed by atoms with Gasteiger partial charge in [0.2, 0.25) is 0 Å². The molecule has 2 rings (SSSR count). The molecular weight excluding hydrogens is 216 g/mol. The highest BCUT2D eigenvalue weighted by Gasteiger charge is 2.23. The minimum atomic E-state index is -0.285. The monoisotopic (exact) mass is 226 g/mol. The molecule has 1 aliphatic rings. The van der Waals surface area contributed by atoms with Gasteiger partial charge in [-0.25, -0.2) is 0 Å². The van der Waals surface area contributed by atoms with E-state index < -0.39 is 0 Å². The first kappa shape index (κ1) is 10.3. The van der Waals surface area contributed by atoms with Crippen molar-refractivity contribution >= 4 is 17.6 Å². The number of ether oxygens (including phenoxy) is 2. The van der Waals surface area contributed by atoms with Crippen LogP contribution in [0.3, 0.4) is 0 Å². The summed E-state index contributed by atoms with van der Waals surface area (Å²) in [7, 11) is 0. The molecule has 0 unspecified atom stereocenters. The summed E-state index contributed by atoms with van der Waals surface area (Å²) in [6.45, 7) is 1.68. The average Bonchev–Trinajstić information content (AvgIpc) is 2.56. The van der Waals surface area contributed by atoms with E-state index >= 15 is 0 Å². The van der Waals surface area contributed by atoms with Gasteiger partial charge in [-0.05, 0) is 17.7 Å². The van der Waals surface area contributed by atoms with E-state index in [-0.39, 0.29) is 12.1 Å². The summed E-state index contributed by atoms with van der Waals surface area (Å²) in [5.74, 6) is 0.507. The average molecular weight is 227 g/mol. The first-order valence-electron chi connectivity index (χ1n) is 4.73. The van der Waals surface area contributed by atoms with Crippen LogP contribution in [0, 0.1) is 0 Å². The number of hydrogen-bond donors (Lipinski definition) is 0. The van der Waals surface area contributed by atoms with E-state index in [1.165, 1.54) is 6.92 Å². The molecule has 1 heterocycles. The van der Waals surface area contributed by atoms with Gasteiger partial charge in [-0.2, -0.15) is 0 Å². The van der Waals surface area contributed by atoms with Crippen LogP contribution in [0.25, 0.3) is 0 Å². The van der Waals surface area contributed by atoms with Gasteiger partial charge in [0.05, 0.1) is 0 Å². The Hall–Kier alpha value is -1.22. The van der Waals surface area contributed by atoms with Gasteiger partial charge in [-0.15, -0.1) is 0 Å². The van der Waals surface area contributed by atoms with Crippen molar-refractivity contribution in [2.45, 2.75) is 19.4 Å². The number of hydrogen-bond acceptors (Lipinski definition) is 3. The predicted molar refractivity (Wildman–Crippen MR) is 56.2 cm³/mol. The molecule has 1 aromatic carbocycles. The SMILES string of the molecule is CC(=O)OC[C@H]1Cc2ccc(Cl)cc2O1. The van der Waals surface area contributed by atoms with Crippen LogP contribution in [0.2, 0.25) is 5.02 Å². The van der Waals surface area contributed by atoms with Crippen molar-refractivity contribution < 1.29 is 14.3 Å². The summed E-state index contributed by atoms with van der Waals surface area (Å²) in [4.78, 5) is 10.6. The number of carbonyl (C=O) groups excluding carboxylic acids is 1. The summed E-state index contributed by atoms with van der Waals surface area (Å²) < 4.78 is 10.5. The minimum Gasteiger partial charge on any atom is -0.486 e. The fourth-order valence-corrected chi connectivity index (χ4v) is 1.74. The minimum absolute atomic E-state index is 0.0811. The van der Waals surface area contributed by atoms with Crippen LogP contribution >= 0.6 is 11.6 Å². The van der Waals surface area contributed by atoms with E-state index in [1.54, 1.807) is 6.07 Å². The molecule has 1 atom stereocenters. The first-order chi connectivity index (χ1) is 7.15. The summed E-state index contributed by atoms with van der Waals surface area (Å²) in [6, 6.07) is 5.55. The van der Waals surface area contributed by atoms with Gasteiger partial charge in [0.1, 0.15) is 18.5 Å².